The Labute approximate surface area is 126 Å². The second kappa shape index (κ2) is 5.91. The summed E-state index contributed by atoms with van der Waals surface area (Å²) in [6, 6.07) is 9.57. The van der Waals surface area contributed by atoms with Crippen molar-refractivity contribution < 1.29 is 14.3 Å². The number of aliphatic hydroxyl groups is 1. The van der Waals surface area contributed by atoms with Crippen molar-refractivity contribution in [3.8, 4) is 11.5 Å². The Morgan fingerprint density at radius 3 is 2.95 bits per heavy atom. The van der Waals surface area contributed by atoms with E-state index < -0.39 is 5.60 Å². The maximum atomic E-state index is 12.0. The van der Waals surface area contributed by atoms with Crippen LogP contribution in [-0.4, -0.2) is 33.1 Å². The monoisotopic (exact) mass is 304 g/mol. The van der Waals surface area contributed by atoms with Gasteiger partial charge in [0.15, 0.2) is 5.60 Å². The fraction of sp³-hybridized carbons (Fsp3) is 0.333. The lowest BCUT2D eigenvalue weighted by atomic mass is 10.0. The molecule has 6 heteroatoms. The van der Waals surface area contributed by atoms with E-state index >= 15 is 0 Å². The van der Waals surface area contributed by atoms with Crippen molar-refractivity contribution in [2.45, 2.75) is 18.6 Å². The van der Waals surface area contributed by atoms with Crippen LogP contribution in [0, 0.1) is 0 Å². The quantitative estimate of drug-likeness (QED) is 0.901. The van der Waals surface area contributed by atoms with Crippen LogP contribution < -0.4 is 5.32 Å². The van der Waals surface area contributed by atoms with E-state index in [-0.39, 0.29) is 12.5 Å². The Balaban J connectivity index is 1.62. The van der Waals surface area contributed by atoms with Crippen LogP contribution in [0.4, 0.5) is 0 Å². The lowest BCUT2D eigenvalue weighted by molar-refractivity contribution is -0.137. The molecule has 1 saturated heterocycles. The molecular weight excluding hydrogens is 288 g/mol. The average molecular weight is 304 g/mol. The highest BCUT2D eigenvalue weighted by molar-refractivity contribution is 7.99. The lowest BCUT2D eigenvalue weighted by Crippen LogP contribution is -2.46. The van der Waals surface area contributed by atoms with E-state index in [4.69, 9.17) is 4.42 Å². The predicted octanol–water partition coefficient (Wildman–Crippen LogP) is 1.83. The molecule has 1 aliphatic heterocycles. The number of carbonyl (C=O) groups excluding carboxylic acids is 1. The number of benzene rings is 1. The molecule has 2 aromatic rings. The van der Waals surface area contributed by atoms with Gasteiger partial charge in [-0.25, -0.2) is 4.98 Å². The summed E-state index contributed by atoms with van der Waals surface area (Å²) in [5.41, 5.74) is 0.286. The number of carbonyl (C=O) groups is 1. The maximum Gasteiger partial charge on any atom is 0.253 e. The number of thioether (sulfide) groups is 1. The van der Waals surface area contributed by atoms with E-state index in [2.05, 4.69) is 10.3 Å². The summed E-state index contributed by atoms with van der Waals surface area (Å²) >= 11 is 1.59. The zero-order chi connectivity index (χ0) is 14.7. The molecule has 0 bridgehead atoms. The van der Waals surface area contributed by atoms with Crippen LogP contribution in [0.2, 0.25) is 0 Å². The Kier molecular flexibility index (Phi) is 3.98. The van der Waals surface area contributed by atoms with Gasteiger partial charge < -0.3 is 14.8 Å². The van der Waals surface area contributed by atoms with Gasteiger partial charge in [0, 0.05) is 11.3 Å². The first kappa shape index (κ1) is 14.2. The fourth-order valence-electron chi connectivity index (χ4n) is 2.17. The van der Waals surface area contributed by atoms with E-state index in [9.17, 15) is 9.90 Å². The predicted molar refractivity (Wildman–Crippen MR) is 80.7 cm³/mol. The molecule has 110 valence electrons. The number of amides is 1. The minimum absolute atomic E-state index is 0.252. The van der Waals surface area contributed by atoms with Crippen LogP contribution >= 0.6 is 11.8 Å². The molecule has 0 aliphatic carbocycles. The molecule has 1 unspecified atom stereocenters. The zero-order valence-electron chi connectivity index (χ0n) is 11.4. The highest BCUT2D eigenvalue weighted by Crippen LogP contribution is 2.28. The van der Waals surface area contributed by atoms with Gasteiger partial charge in [0.25, 0.3) is 5.91 Å². The van der Waals surface area contributed by atoms with Gasteiger partial charge in [0.1, 0.15) is 6.26 Å². The molecule has 1 aromatic heterocycles. The Morgan fingerprint density at radius 1 is 1.43 bits per heavy atom. The van der Waals surface area contributed by atoms with Crippen molar-refractivity contribution in [1.82, 2.24) is 10.3 Å². The third-order valence-corrected chi connectivity index (χ3v) is 4.60. The molecule has 21 heavy (non-hydrogen) atoms. The fourth-order valence-corrected chi connectivity index (χ4v) is 3.41. The van der Waals surface area contributed by atoms with Crippen molar-refractivity contribution >= 4 is 17.7 Å². The second-order valence-electron chi connectivity index (χ2n) is 5.03. The van der Waals surface area contributed by atoms with Crippen molar-refractivity contribution in [1.29, 1.82) is 0 Å². The van der Waals surface area contributed by atoms with Crippen molar-refractivity contribution in [3.63, 3.8) is 0 Å². The molecule has 5 nitrogen and oxygen atoms in total. The van der Waals surface area contributed by atoms with Crippen LogP contribution in [0.15, 0.2) is 41.0 Å². The van der Waals surface area contributed by atoms with Gasteiger partial charge in [-0.3, -0.25) is 4.79 Å². The smallest absolute Gasteiger partial charge is 0.253 e. The summed E-state index contributed by atoms with van der Waals surface area (Å²) in [4.78, 5) is 16.3. The highest BCUT2D eigenvalue weighted by Gasteiger charge is 2.39. The average Bonchev–Trinajstić information content (AvgIpc) is 3.15. The third kappa shape index (κ3) is 3.11. The maximum absolute atomic E-state index is 12.0. The number of nitrogens with zero attached hydrogens (tertiary/aromatic N) is 1. The Hall–Kier alpha value is -1.79. The first-order chi connectivity index (χ1) is 10.2. The summed E-state index contributed by atoms with van der Waals surface area (Å²) in [6.07, 6.45) is 2.02. The molecule has 1 atom stereocenters. The number of hydrogen-bond donors (Lipinski definition) is 2. The summed E-state index contributed by atoms with van der Waals surface area (Å²) in [5.74, 6) is 1.45. The normalized spacial score (nSPS) is 21.4. The highest BCUT2D eigenvalue weighted by atomic mass is 32.2. The number of rotatable bonds is 4. The third-order valence-electron chi connectivity index (χ3n) is 3.43. The number of aromatic nitrogens is 1. The molecular formula is C15H16N2O3S. The van der Waals surface area contributed by atoms with Gasteiger partial charge in [-0.15, -0.1) is 0 Å². The summed E-state index contributed by atoms with van der Waals surface area (Å²) in [7, 11) is 0. The SMILES string of the molecule is O=C(NCc1coc(-c2ccccc2)n1)C1(O)CCSC1. The first-order valence-electron chi connectivity index (χ1n) is 6.76. The van der Waals surface area contributed by atoms with Gasteiger partial charge in [-0.2, -0.15) is 11.8 Å². The summed E-state index contributed by atoms with van der Waals surface area (Å²) < 4.78 is 5.40. The van der Waals surface area contributed by atoms with Crippen LogP contribution in [0.1, 0.15) is 12.1 Å². The molecule has 0 spiro atoms. The molecule has 1 amide bonds. The van der Waals surface area contributed by atoms with Gasteiger partial charge >= 0.3 is 0 Å². The Morgan fingerprint density at radius 2 is 2.24 bits per heavy atom. The van der Waals surface area contributed by atoms with E-state index in [1.165, 1.54) is 6.26 Å². The van der Waals surface area contributed by atoms with Gasteiger partial charge in [0.05, 0.1) is 12.2 Å². The van der Waals surface area contributed by atoms with E-state index in [1.807, 2.05) is 30.3 Å². The van der Waals surface area contributed by atoms with E-state index in [0.717, 1.165) is 11.3 Å². The molecule has 2 N–H and O–H groups in total. The van der Waals surface area contributed by atoms with Gasteiger partial charge in [-0.05, 0) is 24.3 Å². The molecule has 3 rings (SSSR count). The zero-order valence-corrected chi connectivity index (χ0v) is 12.2. The first-order valence-corrected chi connectivity index (χ1v) is 7.91. The summed E-state index contributed by atoms with van der Waals surface area (Å²) in [5, 5.41) is 12.9. The topological polar surface area (TPSA) is 75.4 Å². The largest absolute Gasteiger partial charge is 0.444 e. The minimum atomic E-state index is -1.24. The molecule has 1 aromatic carbocycles. The van der Waals surface area contributed by atoms with Crippen LogP contribution in [0.3, 0.4) is 0 Å². The number of oxazole rings is 1. The number of nitrogens with one attached hydrogen (secondary N) is 1. The van der Waals surface area contributed by atoms with E-state index in [0.29, 0.717) is 23.8 Å². The van der Waals surface area contributed by atoms with Crippen LogP contribution in [-0.2, 0) is 11.3 Å². The Bertz CT molecular complexity index is 621. The lowest BCUT2D eigenvalue weighted by Gasteiger charge is -2.19. The molecule has 0 saturated carbocycles. The van der Waals surface area contributed by atoms with Crippen molar-refractivity contribution in [2.75, 3.05) is 11.5 Å². The van der Waals surface area contributed by atoms with Gasteiger partial charge in [-0.1, -0.05) is 18.2 Å². The van der Waals surface area contributed by atoms with Crippen LogP contribution in [0.25, 0.3) is 11.5 Å². The van der Waals surface area contributed by atoms with E-state index in [1.54, 1.807) is 11.8 Å². The number of hydrogen-bond acceptors (Lipinski definition) is 5. The second-order valence-corrected chi connectivity index (χ2v) is 6.13. The standard InChI is InChI=1S/C15H16N2O3S/c18-14(15(19)6-7-21-10-15)16-8-12-9-20-13(17-12)11-4-2-1-3-5-11/h1-5,9,19H,6-8,10H2,(H,16,18). The molecule has 1 aliphatic rings. The molecule has 2 heterocycles. The van der Waals surface area contributed by atoms with Crippen molar-refractivity contribution in [2.24, 2.45) is 0 Å². The summed E-state index contributed by atoms with van der Waals surface area (Å²) in [6.45, 7) is 0.252. The van der Waals surface area contributed by atoms with Crippen LogP contribution in [0.5, 0.6) is 0 Å². The molecule has 0 radical (unpaired) electrons. The van der Waals surface area contributed by atoms with Crippen molar-refractivity contribution in [3.05, 3.63) is 42.3 Å². The molecule has 1 fully saturated rings. The van der Waals surface area contributed by atoms with Gasteiger partial charge in [0.2, 0.25) is 5.89 Å². The minimum Gasteiger partial charge on any atom is -0.444 e.